The minimum atomic E-state index is -3.59. The van der Waals surface area contributed by atoms with Crippen molar-refractivity contribution in [1.29, 1.82) is 0 Å². The molecule has 3 N–H and O–H groups in total. The number of nitrogens with zero attached hydrogens (tertiary/aromatic N) is 1. The van der Waals surface area contributed by atoms with E-state index in [1.807, 2.05) is 0 Å². The van der Waals surface area contributed by atoms with Crippen LogP contribution < -0.4 is 10.5 Å². The number of nitrogens with one attached hydrogen (secondary N) is 1. The first-order chi connectivity index (χ1) is 8.38. The second-order valence-corrected chi connectivity index (χ2v) is 7.20. The van der Waals surface area contributed by atoms with E-state index in [1.165, 1.54) is 6.07 Å². The number of nitrogen functional groups attached to an aromatic ring is 1. The average molecular weight is 348 g/mol. The number of halogens is 1. The second-order valence-electron chi connectivity index (χ2n) is 3.57. The summed E-state index contributed by atoms with van der Waals surface area (Å²) in [5.41, 5.74) is 7.00. The van der Waals surface area contributed by atoms with Gasteiger partial charge in [-0.05, 0) is 41.1 Å². The number of aromatic nitrogens is 1. The highest BCUT2D eigenvalue weighted by molar-refractivity contribution is 9.10. The van der Waals surface area contributed by atoms with Gasteiger partial charge in [0.1, 0.15) is 8.81 Å². The van der Waals surface area contributed by atoms with Crippen LogP contribution in [-0.4, -0.2) is 13.4 Å². The van der Waals surface area contributed by atoms with E-state index in [0.717, 1.165) is 11.3 Å². The third-order valence-corrected chi connectivity index (χ3v) is 5.42. The standard InChI is InChI=1S/C10H10BrN3O2S2/c1-6-8(2-3-9(11)13-6)14-18(15,16)10-4-7(12)5-17-10/h2-5,14H,12H2,1H3. The zero-order valence-electron chi connectivity index (χ0n) is 9.34. The average Bonchev–Trinajstić information content (AvgIpc) is 2.70. The van der Waals surface area contributed by atoms with Gasteiger partial charge in [-0.2, -0.15) is 0 Å². The van der Waals surface area contributed by atoms with E-state index in [-0.39, 0.29) is 4.21 Å². The van der Waals surface area contributed by atoms with Crippen LogP contribution in [0.25, 0.3) is 0 Å². The number of hydrogen-bond donors (Lipinski definition) is 2. The fourth-order valence-electron chi connectivity index (χ4n) is 1.30. The number of nitrogens with two attached hydrogens (primary N) is 1. The highest BCUT2D eigenvalue weighted by Crippen LogP contribution is 2.25. The van der Waals surface area contributed by atoms with Gasteiger partial charge in [-0.15, -0.1) is 11.3 Å². The molecule has 0 saturated heterocycles. The van der Waals surface area contributed by atoms with Crippen LogP contribution in [0.15, 0.2) is 32.4 Å². The van der Waals surface area contributed by atoms with E-state index in [2.05, 4.69) is 25.6 Å². The third kappa shape index (κ3) is 2.82. The number of anilines is 2. The van der Waals surface area contributed by atoms with Gasteiger partial charge in [0.25, 0.3) is 10.0 Å². The molecular formula is C10H10BrN3O2S2. The number of hydrogen-bond acceptors (Lipinski definition) is 5. The molecule has 2 aromatic rings. The van der Waals surface area contributed by atoms with Crippen LogP contribution in [0.1, 0.15) is 5.69 Å². The summed E-state index contributed by atoms with van der Waals surface area (Å²) < 4.78 is 27.4. The lowest BCUT2D eigenvalue weighted by Gasteiger charge is -2.08. The van der Waals surface area contributed by atoms with Gasteiger partial charge in [-0.1, -0.05) is 0 Å². The number of aryl methyl sites for hydroxylation is 1. The molecule has 0 saturated carbocycles. The summed E-state index contributed by atoms with van der Waals surface area (Å²) in [5, 5.41) is 1.58. The molecule has 0 aliphatic rings. The van der Waals surface area contributed by atoms with Crippen LogP contribution in [0, 0.1) is 6.92 Å². The normalized spacial score (nSPS) is 11.4. The Hall–Kier alpha value is -1.12. The molecule has 18 heavy (non-hydrogen) atoms. The van der Waals surface area contributed by atoms with Gasteiger partial charge in [0, 0.05) is 11.1 Å². The third-order valence-electron chi connectivity index (χ3n) is 2.16. The summed E-state index contributed by atoms with van der Waals surface area (Å²) in [7, 11) is -3.59. The molecular weight excluding hydrogens is 338 g/mol. The lowest BCUT2D eigenvalue weighted by Crippen LogP contribution is -2.12. The van der Waals surface area contributed by atoms with Crippen LogP contribution in [-0.2, 0) is 10.0 Å². The molecule has 0 atom stereocenters. The molecule has 0 unspecified atom stereocenters. The van der Waals surface area contributed by atoms with Crippen LogP contribution >= 0.6 is 27.3 Å². The van der Waals surface area contributed by atoms with Crippen molar-refractivity contribution in [1.82, 2.24) is 4.98 Å². The summed E-state index contributed by atoms with van der Waals surface area (Å²) in [6, 6.07) is 4.75. The number of sulfonamides is 1. The van der Waals surface area contributed by atoms with Gasteiger partial charge in [-0.25, -0.2) is 13.4 Å². The first kappa shape index (κ1) is 13.3. The molecule has 0 radical (unpaired) electrons. The summed E-state index contributed by atoms with van der Waals surface area (Å²) in [4.78, 5) is 4.13. The maximum absolute atomic E-state index is 12.1. The van der Waals surface area contributed by atoms with Crippen molar-refractivity contribution < 1.29 is 8.42 Å². The van der Waals surface area contributed by atoms with Crippen molar-refractivity contribution in [2.24, 2.45) is 0 Å². The molecule has 5 nitrogen and oxygen atoms in total. The van der Waals surface area contributed by atoms with Gasteiger partial charge in [-0.3, -0.25) is 4.72 Å². The first-order valence-corrected chi connectivity index (χ1v) is 8.04. The molecule has 8 heteroatoms. The molecule has 2 heterocycles. The summed E-state index contributed by atoms with van der Waals surface area (Å²) in [5.74, 6) is 0. The molecule has 0 amide bonds. The maximum Gasteiger partial charge on any atom is 0.271 e. The topological polar surface area (TPSA) is 85.1 Å². The predicted octanol–water partition coefficient (Wildman–Crippen LogP) is 2.60. The van der Waals surface area contributed by atoms with Gasteiger partial charge in [0.2, 0.25) is 0 Å². The van der Waals surface area contributed by atoms with Gasteiger partial charge >= 0.3 is 0 Å². The molecule has 0 bridgehead atoms. The van der Waals surface area contributed by atoms with E-state index in [1.54, 1.807) is 24.4 Å². The number of pyridine rings is 1. The molecule has 2 aromatic heterocycles. The van der Waals surface area contributed by atoms with Gasteiger partial charge in [0.05, 0.1) is 11.4 Å². The second kappa shape index (κ2) is 4.87. The Morgan fingerprint density at radius 2 is 2.17 bits per heavy atom. The van der Waals surface area contributed by atoms with Crippen molar-refractivity contribution in [2.45, 2.75) is 11.1 Å². The monoisotopic (exact) mass is 347 g/mol. The largest absolute Gasteiger partial charge is 0.398 e. The highest BCUT2D eigenvalue weighted by atomic mass is 79.9. The lowest BCUT2D eigenvalue weighted by molar-refractivity contribution is 0.603. The zero-order chi connectivity index (χ0) is 13.3. The van der Waals surface area contributed by atoms with Crippen molar-refractivity contribution in [3.63, 3.8) is 0 Å². The molecule has 0 aliphatic heterocycles. The minimum absolute atomic E-state index is 0.183. The zero-order valence-corrected chi connectivity index (χ0v) is 12.6. The van der Waals surface area contributed by atoms with E-state index in [0.29, 0.717) is 21.7 Å². The first-order valence-electron chi connectivity index (χ1n) is 4.88. The number of thiophene rings is 1. The van der Waals surface area contributed by atoms with E-state index < -0.39 is 10.0 Å². The van der Waals surface area contributed by atoms with E-state index in [4.69, 9.17) is 5.73 Å². The van der Waals surface area contributed by atoms with Gasteiger partial charge < -0.3 is 5.73 Å². The molecule has 0 spiro atoms. The Bertz CT molecular complexity index is 682. The van der Waals surface area contributed by atoms with Crippen LogP contribution in [0.5, 0.6) is 0 Å². The molecule has 96 valence electrons. The molecule has 0 aliphatic carbocycles. The predicted molar refractivity (Wildman–Crippen MR) is 76.2 cm³/mol. The van der Waals surface area contributed by atoms with Crippen molar-refractivity contribution in [2.75, 3.05) is 10.5 Å². The highest BCUT2D eigenvalue weighted by Gasteiger charge is 2.17. The number of rotatable bonds is 3. The summed E-state index contributed by atoms with van der Waals surface area (Å²) >= 11 is 4.30. The van der Waals surface area contributed by atoms with Crippen LogP contribution in [0.3, 0.4) is 0 Å². The lowest BCUT2D eigenvalue weighted by atomic mass is 10.3. The molecule has 0 aromatic carbocycles. The molecule has 0 fully saturated rings. The minimum Gasteiger partial charge on any atom is -0.398 e. The Morgan fingerprint density at radius 1 is 1.44 bits per heavy atom. The Balaban J connectivity index is 2.33. The van der Waals surface area contributed by atoms with Crippen LogP contribution in [0.4, 0.5) is 11.4 Å². The van der Waals surface area contributed by atoms with Crippen molar-refractivity contribution in [3.8, 4) is 0 Å². The molecule has 2 rings (SSSR count). The summed E-state index contributed by atoms with van der Waals surface area (Å²) in [6.07, 6.45) is 0. The Morgan fingerprint density at radius 3 is 2.72 bits per heavy atom. The smallest absolute Gasteiger partial charge is 0.271 e. The Kier molecular flexibility index (Phi) is 3.60. The fourth-order valence-corrected chi connectivity index (χ4v) is 3.90. The maximum atomic E-state index is 12.1. The van der Waals surface area contributed by atoms with Crippen molar-refractivity contribution in [3.05, 3.63) is 33.9 Å². The Labute approximate surface area is 117 Å². The van der Waals surface area contributed by atoms with Crippen LogP contribution in [0.2, 0.25) is 0 Å². The van der Waals surface area contributed by atoms with E-state index >= 15 is 0 Å². The SMILES string of the molecule is Cc1nc(Br)ccc1NS(=O)(=O)c1cc(N)cs1. The quantitative estimate of drug-likeness (QED) is 0.835. The van der Waals surface area contributed by atoms with Crippen molar-refractivity contribution >= 4 is 48.7 Å². The fraction of sp³-hybridized carbons (Fsp3) is 0.100. The van der Waals surface area contributed by atoms with Gasteiger partial charge in [0.15, 0.2) is 0 Å². The summed E-state index contributed by atoms with van der Waals surface area (Å²) in [6.45, 7) is 1.73. The van der Waals surface area contributed by atoms with E-state index in [9.17, 15) is 8.42 Å².